The average Bonchev–Trinajstić information content (AvgIpc) is 3.26. The van der Waals surface area contributed by atoms with Crippen LogP contribution in [0.5, 0.6) is 0 Å². The van der Waals surface area contributed by atoms with E-state index in [4.69, 9.17) is 4.42 Å². The van der Waals surface area contributed by atoms with Crippen molar-refractivity contribution in [3.8, 4) is 0 Å². The Bertz CT molecular complexity index is 574. The number of rotatable bonds is 6. The molecule has 4 nitrogen and oxygen atoms in total. The molecule has 23 heavy (non-hydrogen) atoms. The third-order valence-corrected chi connectivity index (χ3v) is 5.29. The number of nitrogens with zero attached hydrogens (tertiary/aromatic N) is 1. The van der Waals surface area contributed by atoms with E-state index in [0.29, 0.717) is 19.1 Å². The molecule has 0 radical (unpaired) electrons. The zero-order chi connectivity index (χ0) is 15.9. The van der Waals surface area contributed by atoms with Gasteiger partial charge in [0.1, 0.15) is 5.76 Å². The van der Waals surface area contributed by atoms with Gasteiger partial charge in [0, 0.05) is 17.5 Å². The van der Waals surface area contributed by atoms with E-state index in [-0.39, 0.29) is 6.03 Å². The molecule has 0 saturated heterocycles. The Kier molecular flexibility index (Phi) is 5.75. The lowest BCUT2D eigenvalue weighted by Gasteiger charge is -2.28. The summed E-state index contributed by atoms with van der Waals surface area (Å²) in [6, 6.07) is 8.33. The van der Waals surface area contributed by atoms with E-state index in [1.165, 1.54) is 24.1 Å². The maximum Gasteiger partial charge on any atom is 0.318 e. The quantitative estimate of drug-likeness (QED) is 0.850. The molecule has 2 heterocycles. The first-order chi connectivity index (χ1) is 11.3. The van der Waals surface area contributed by atoms with Crippen LogP contribution in [0.2, 0.25) is 0 Å². The fourth-order valence-corrected chi connectivity index (χ4v) is 3.75. The van der Waals surface area contributed by atoms with Crippen LogP contribution in [0.25, 0.3) is 0 Å². The summed E-state index contributed by atoms with van der Waals surface area (Å²) in [5.74, 6) is 0.829. The Hall–Kier alpha value is -1.75. The van der Waals surface area contributed by atoms with Gasteiger partial charge in [0.25, 0.3) is 0 Å². The molecule has 0 unspecified atom stereocenters. The monoisotopic (exact) mass is 332 g/mol. The van der Waals surface area contributed by atoms with Gasteiger partial charge >= 0.3 is 6.03 Å². The summed E-state index contributed by atoms with van der Waals surface area (Å²) in [6.45, 7) is 1.23. The molecule has 1 fully saturated rings. The van der Waals surface area contributed by atoms with Gasteiger partial charge in [-0.25, -0.2) is 4.79 Å². The minimum atomic E-state index is 0.0323. The Morgan fingerprint density at radius 3 is 2.83 bits per heavy atom. The van der Waals surface area contributed by atoms with Crippen molar-refractivity contribution in [1.29, 1.82) is 0 Å². The van der Waals surface area contributed by atoms with E-state index in [0.717, 1.165) is 25.0 Å². The highest BCUT2D eigenvalue weighted by molar-refractivity contribution is 7.09. The number of hydrogen-bond donors (Lipinski definition) is 1. The van der Waals surface area contributed by atoms with Crippen LogP contribution in [0.15, 0.2) is 40.3 Å². The Balaban J connectivity index is 1.59. The predicted molar refractivity (Wildman–Crippen MR) is 92.5 cm³/mol. The van der Waals surface area contributed by atoms with Gasteiger partial charge < -0.3 is 14.6 Å². The van der Waals surface area contributed by atoms with Crippen LogP contribution >= 0.6 is 11.3 Å². The third-order valence-electron chi connectivity index (χ3n) is 4.36. The second-order valence-electron chi connectivity index (χ2n) is 6.11. The first-order valence-corrected chi connectivity index (χ1v) is 9.29. The van der Waals surface area contributed by atoms with Crippen molar-refractivity contribution in [2.45, 2.75) is 51.1 Å². The first-order valence-electron chi connectivity index (χ1n) is 8.41. The molecule has 0 bridgehead atoms. The first kappa shape index (κ1) is 16.1. The number of amides is 2. The molecule has 3 rings (SSSR count). The van der Waals surface area contributed by atoms with Crippen molar-refractivity contribution in [3.05, 3.63) is 46.5 Å². The van der Waals surface area contributed by atoms with Crippen molar-refractivity contribution in [3.63, 3.8) is 0 Å². The number of urea groups is 1. The second kappa shape index (κ2) is 8.20. The van der Waals surface area contributed by atoms with Crippen molar-refractivity contribution >= 4 is 17.4 Å². The van der Waals surface area contributed by atoms with E-state index in [9.17, 15) is 4.79 Å². The Morgan fingerprint density at radius 2 is 2.13 bits per heavy atom. The molecule has 1 aliphatic carbocycles. The minimum absolute atomic E-state index is 0.0323. The van der Waals surface area contributed by atoms with E-state index in [1.54, 1.807) is 17.6 Å². The van der Waals surface area contributed by atoms with Crippen LogP contribution in [-0.2, 0) is 13.0 Å². The minimum Gasteiger partial charge on any atom is -0.467 e. The van der Waals surface area contributed by atoms with Gasteiger partial charge in [-0.1, -0.05) is 25.3 Å². The normalized spacial score (nSPS) is 15.5. The highest BCUT2D eigenvalue weighted by Crippen LogP contribution is 2.18. The predicted octanol–water partition coefficient (Wildman–Crippen LogP) is 4.43. The number of thiophene rings is 1. The van der Waals surface area contributed by atoms with Gasteiger partial charge in [0.15, 0.2) is 0 Å². The van der Waals surface area contributed by atoms with Gasteiger partial charge in [0.2, 0.25) is 0 Å². The molecular formula is C18H24N2O2S. The fraction of sp³-hybridized carbons (Fsp3) is 0.500. The van der Waals surface area contributed by atoms with Crippen LogP contribution in [0.3, 0.4) is 0 Å². The summed E-state index contributed by atoms with van der Waals surface area (Å²) in [5.41, 5.74) is 0. The maximum absolute atomic E-state index is 12.7. The molecule has 1 N–H and O–H groups in total. The van der Waals surface area contributed by atoms with Gasteiger partial charge in [-0.3, -0.25) is 0 Å². The summed E-state index contributed by atoms with van der Waals surface area (Å²) in [5, 5.41) is 5.29. The van der Waals surface area contributed by atoms with E-state index >= 15 is 0 Å². The SMILES string of the molecule is O=C(NC1CCCCC1)N(CCc1cccs1)Cc1ccco1. The number of hydrogen-bond acceptors (Lipinski definition) is 3. The zero-order valence-corrected chi connectivity index (χ0v) is 14.2. The molecule has 0 aliphatic heterocycles. The molecule has 2 aromatic heterocycles. The molecule has 124 valence electrons. The lowest BCUT2D eigenvalue weighted by Crippen LogP contribution is -2.45. The second-order valence-corrected chi connectivity index (χ2v) is 7.15. The lowest BCUT2D eigenvalue weighted by molar-refractivity contribution is 0.183. The van der Waals surface area contributed by atoms with E-state index < -0.39 is 0 Å². The standard InChI is InChI=1S/C18H24N2O2S/c21-18(19-15-6-2-1-3-7-15)20(14-16-8-4-12-22-16)11-10-17-9-5-13-23-17/h4-5,8-9,12-13,15H,1-3,6-7,10-11,14H2,(H,19,21). The highest BCUT2D eigenvalue weighted by Gasteiger charge is 2.20. The van der Waals surface area contributed by atoms with Crippen LogP contribution < -0.4 is 5.32 Å². The van der Waals surface area contributed by atoms with Crippen molar-refractivity contribution in [2.75, 3.05) is 6.54 Å². The molecule has 1 saturated carbocycles. The molecule has 0 aromatic carbocycles. The average molecular weight is 332 g/mol. The number of nitrogens with one attached hydrogen (secondary N) is 1. The smallest absolute Gasteiger partial charge is 0.318 e. The van der Waals surface area contributed by atoms with Gasteiger partial charge in [-0.05, 0) is 42.8 Å². The number of furan rings is 1. The molecule has 0 spiro atoms. The largest absolute Gasteiger partial charge is 0.467 e. The van der Waals surface area contributed by atoms with Gasteiger partial charge in [-0.15, -0.1) is 11.3 Å². The van der Waals surface area contributed by atoms with Crippen LogP contribution in [0.1, 0.15) is 42.7 Å². The van der Waals surface area contributed by atoms with Crippen molar-refractivity contribution in [2.24, 2.45) is 0 Å². The molecule has 1 aliphatic rings. The third kappa shape index (κ3) is 4.86. The van der Waals surface area contributed by atoms with Crippen LogP contribution in [-0.4, -0.2) is 23.5 Å². The molecule has 2 amide bonds. The highest BCUT2D eigenvalue weighted by atomic mass is 32.1. The van der Waals surface area contributed by atoms with Crippen molar-refractivity contribution < 1.29 is 9.21 Å². The summed E-state index contributed by atoms with van der Waals surface area (Å²) in [4.78, 5) is 15.8. The summed E-state index contributed by atoms with van der Waals surface area (Å²) in [6.07, 6.45) is 8.48. The van der Waals surface area contributed by atoms with Crippen molar-refractivity contribution in [1.82, 2.24) is 10.2 Å². The van der Waals surface area contributed by atoms with Crippen LogP contribution in [0, 0.1) is 0 Å². The number of carbonyl (C=O) groups is 1. The molecule has 5 heteroatoms. The molecule has 0 atom stereocenters. The Morgan fingerprint density at radius 1 is 1.26 bits per heavy atom. The van der Waals surface area contributed by atoms with Gasteiger partial charge in [-0.2, -0.15) is 0 Å². The van der Waals surface area contributed by atoms with Crippen LogP contribution in [0.4, 0.5) is 4.79 Å². The lowest BCUT2D eigenvalue weighted by atomic mass is 9.96. The number of carbonyl (C=O) groups excluding carboxylic acids is 1. The zero-order valence-electron chi connectivity index (χ0n) is 13.4. The Labute approximate surface area is 141 Å². The van der Waals surface area contributed by atoms with Gasteiger partial charge in [0.05, 0.1) is 12.8 Å². The summed E-state index contributed by atoms with van der Waals surface area (Å²) in [7, 11) is 0. The summed E-state index contributed by atoms with van der Waals surface area (Å²) >= 11 is 1.74. The van der Waals surface area contributed by atoms with E-state index in [1.807, 2.05) is 17.0 Å². The maximum atomic E-state index is 12.7. The summed E-state index contributed by atoms with van der Waals surface area (Å²) < 4.78 is 5.42. The molecule has 2 aromatic rings. The molecular weight excluding hydrogens is 308 g/mol. The topological polar surface area (TPSA) is 45.5 Å². The fourth-order valence-electron chi connectivity index (χ4n) is 3.06. The van der Waals surface area contributed by atoms with E-state index in [2.05, 4.69) is 22.8 Å².